The van der Waals surface area contributed by atoms with E-state index in [1.54, 1.807) is 0 Å². The Bertz CT molecular complexity index is 414. The molecule has 0 saturated heterocycles. The maximum atomic E-state index is 13.0. The predicted octanol–water partition coefficient (Wildman–Crippen LogP) is 1.35. The zero-order valence-corrected chi connectivity index (χ0v) is 7.90. The number of nitrogens with one attached hydrogen (secondary N) is 1. The van der Waals surface area contributed by atoms with Gasteiger partial charge in [-0.15, -0.1) is 0 Å². The van der Waals surface area contributed by atoms with E-state index in [0.717, 1.165) is 6.07 Å². The fraction of sp³-hybridized carbons (Fsp3) is 0.250. The molecule has 5 heteroatoms. The second-order valence-electron chi connectivity index (χ2n) is 2.75. The molecular formula is C8H10FNO2S. The van der Waals surface area contributed by atoms with Crippen molar-refractivity contribution in [3.8, 4) is 0 Å². The highest BCUT2D eigenvalue weighted by molar-refractivity contribution is 7.91. The first-order valence-corrected chi connectivity index (χ1v) is 5.55. The summed E-state index contributed by atoms with van der Waals surface area (Å²) in [6, 6.07) is 3.76. The molecular weight excluding hydrogens is 193 g/mol. The van der Waals surface area contributed by atoms with Crippen molar-refractivity contribution in [2.75, 3.05) is 6.26 Å². The molecule has 0 aliphatic rings. The molecule has 0 bridgehead atoms. The standard InChI is InChI=1S/C8H10FNO2S/c1-13(10,12)7-3-2-6(5-11)8(9)4-7/h2-4,10-11H,5H2,1H3. The Morgan fingerprint density at radius 3 is 2.62 bits per heavy atom. The molecule has 72 valence electrons. The second-order valence-corrected chi connectivity index (χ2v) is 4.91. The molecule has 2 N–H and O–H groups in total. The Balaban J connectivity index is 3.26. The molecule has 1 aromatic rings. The van der Waals surface area contributed by atoms with Crippen molar-refractivity contribution in [1.82, 2.24) is 0 Å². The van der Waals surface area contributed by atoms with Crippen LogP contribution in [0.2, 0.25) is 0 Å². The summed E-state index contributed by atoms with van der Waals surface area (Å²) in [7, 11) is -2.87. The van der Waals surface area contributed by atoms with E-state index in [9.17, 15) is 8.60 Å². The van der Waals surface area contributed by atoms with Crippen LogP contribution >= 0.6 is 0 Å². The summed E-state index contributed by atoms with van der Waals surface area (Å²) in [4.78, 5) is 0.141. The van der Waals surface area contributed by atoms with Gasteiger partial charge in [-0.1, -0.05) is 6.07 Å². The van der Waals surface area contributed by atoms with Crippen molar-refractivity contribution in [3.63, 3.8) is 0 Å². The Kier molecular flexibility index (Phi) is 2.68. The van der Waals surface area contributed by atoms with Gasteiger partial charge < -0.3 is 5.11 Å². The minimum Gasteiger partial charge on any atom is -0.392 e. The Morgan fingerprint density at radius 2 is 2.23 bits per heavy atom. The number of halogens is 1. The third-order valence-electron chi connectivity index (χ3n) is 1.64. The minimum atomic E-state index is -2.87. The molecule has 0 spiro atoms. The maximum Gasteiger partial charge on any atom is 0.129 e. The summed E-state index contributed by atoms with van der Waals surface area (Å²) >= 11 is 0. The average molecular weight is 203 g/mol. The number of rotatable bonds is 2. The van der Waals surface area contributed by atoms with Crippen molar-refractivity contribution < 1.29 is 13.7 Å². The van der Waals surface area contributed by atoms with E-state index in [4.69, 9.17) is 9.89 Å². The fourth-order valence-electron chi connectivity index (χ4n) is 0.899. The van der Waals surface area contributed by atoms with Crippen LogP contribution in [0.5, 0.6) is 0 Å². The lowest BCUT2D eigenvalue weighted by molar-refractivity contribution is 0.275. The number of hydrogen-bond donors (Lipinski definition) is 2. The van der Waals surface area contributed by atoms with E-state index in [2.05, 4.69) is 0 Å². The van der Waals surface area contributed by atoms with Crippen LogP contribution in [-0.2, 0) is 16.3 Å². The van der Waals surface area contributed by atoms with Gasteiger partial charge in [0.2, 0.25) is 0 Å². The maximum absolute atomic E-state index is 13.0. The number of hydrogen-bond acceptors (Lipinski definition) is 3. The van der Waals surface area contributed by atoms with Crippen LogP contribution < -0.4 is 0 Å². The first-order valence-electron chi connectivity index (χ1n) is 3.58. The van der Waals surface area contributed by atoms with Gasteiger partial charge in [0.05, 0.1) is 16.3 Å². The van der Waals surface area contributed by atoms with Crippen LogP contribution in [0, 0.1) is 10.6 Å². The van der Waals surface area contributed by atoms with Crippen molar-refractivity contribution in [1.29, 1.82) is 4.78 Å². The van der Waals surface area contributed by atoms with Gasteiger partial charge in [0.1, 0.15) is 5.82 Å². The van der Waals surface area contributed by atoms with Crippen molar-refractivity contribution >= 4 is 9.73 Å². The molecule has 3 nitrogen and oxygen atoms in total. The fourth-order valence-corrected chi connectivity index (χ4v) is 1.55. The first kappa shape index (κ1) is 10.1. The predicted molar refractivity (Wildman–Crippen MR) is 47.4 cm³/mol. The molecule has 1 unspecified atom stereocenters. The Labute approximate surface area is 76.2 Å². The highest BCUT2D eigenvalue weighted by atomic mass is 32.2. The average Bonchev–Trinajstić information content (AvgIpc) is 2.02. The third kappa shape index (κ3) is 2.26. The molecule has 0 aliphatic heterocycles. The quantitative estimate of drug-likeness (QED) is 0.762. The summed E-state index contributed by atoms with van der Waals surface area (Å²) in [5.74, 6) is -0.623. The monoisotopic (exact) mass is 203 g/mol. The second kappa shape index (κ2) is 3.43. The summed E-state index contributed by atoms with van der Waals surface area (Å²) in [5.41, 5.74) is 0.146. The van der Waals surface area contributed by atoms with Crippen molar-refractivity contribution in [2.45, 2.75) is 11.5 Å². The van der Waals surface area contributed by atoms with E-state index < -0.39 is 22.2 Å². The molecule has 0 fully saturated rings. The minimum absolute atomic E-state index is 0.141. The number of aliphatic hydroxyl groups excluding tert-OH is 1. The summed E-state index contributed by atoms with van der Waals surface area (Å²) in [6.07, 6.45) is 1.22. The first-order chi connectivity index (χ1) is 5.95. The zero-order valence-electron chi connectivity index (χ0n) is 7.08. The molecule has 0 aromatic heterocycles. The van der Waals surface area contributed by atoms with Gasteiger partial charge in [-0.05, 0) is 12.1 Å². The molecule has 1 aromatic carbocycles. The van der Waals surface area contributed by atoms with Crippen molar-refractivity contribution in [2.24, 2.45) is 0 Å². The molecule has 0 radical (unpaired) electrons. The van der Waals surface area contributed by atoms with Crippen LogP contribution in [0.4, 0.5) is 4.39 Å². The van der Waals surface area contributed by atoms with Gasteiger partial charge in [-0.3, -0.25) is 0 Å². The summed E-state index contributed by atoms with van der Waals surface area (Å²) < 4.78 is 31.4. The van der Waals surface area contributed by atoms with Crippen LogP contribution in [0.25, 0.3) is 0 Å². The summed E-state index contributed by atoms with van der Waals surface area (Å²) in [6.45, 7) is -0.394. The lowest BCUT2D eigenvalue weighted by Crippen LogP contribution is -1.98. The zero-order chi connectivity index (χ0) is 10.1. The van der Waals surface area contributed by atoms with Crippen LogP contribution in [0.3, 0.4) is 0 Å². The van der Waals surface area contributed by atoms with Gasteiger partial charge in [0, 0.05) is 16.7 Å². The molecule has 1 rings (SSSR count). The highest BCUT2D eigenvalue weighted by Gasteiger charge is 2.07. The number of benzene rings is 1. The molecule has 13 heavy (non-hydrogen) atoms. The normalized spacial score (nSPS) is 15.3. The van der Waals surface area contributed by atoms with E-state index in [1.165, 1.54) is 18.4 Å². The largest absolute Gasteiger partial charge is 0.392 e. The molecule has 0 amide bonds. The van der Waals surface area contributed by atoms with Crippen molar-refractivity contribution in [3.05, 3.63) is 29.6 Å². The summed E-state index contributed by atoms with van der Waals surface area (Å²) in [5, 5.41) is 8.65. The van der Waals surface area contributed by atoms with E-state index >= 15 is 0 Å². The van der Waals surface area contributed by atoms with Gasteiger partial charge in [-0.25, -0.2) is 13.4 Å². The van der Waals surface area contributed by atoms with Gasteiger partial charge in [0.25, 0.3) is 0 Å². The number of aliphatic hydroxyl groups is 1. The lowest BCUT2D eigenvalue weighted by Gasteiger charge is -2.03. The van der Waals surface area contributed by atoms with Crippen LogP contribution in [-0.4, -0.2) is 15.6 Å². The van der Waals surface area contributed by atoms with E-state index in [0.29, 0.717) is 0 Å². The highest BCUT2D eigenvalue weighted by Crippen LogP contribution is 2.14. The van der Waals surface area contributed by atoms with Crippen LogP contribution in [0.1, 0.15) is 5.56 Å². The van der Waals surface area contributed by atoms with E-state index in [1.807, 2.05) is 0 Å². The van der Waals surface area contributed by atoms with Crippen LogP contribution in [0.15, 0.2) is 23.1 Å². The van der Waals surface area contributed by atoms with Gasteiger partial charge in [0.15, 0.2) is 0 Å². The molecule has 0 saturated carbocycles. The lowest BCUT2D eigenvalue weighted by atomic mass is 10.2. The SMILES string of the molecule is CS(=N)(=O)c1ccc(CO)c(F)c1. The van der Waals surface area contributed by atoms with Gasteiger partial charge in [-0.2, -0.15) is 0 Å². The van der Waals surface area contributed by atoms with E-state index in [-0.39, 0.29) is 10.5 Å². The Morgan fingerprint density at radius 1 is 1.62 bits per heavy atom. The molecule has 0 heterocycles. The molecule has 1 atom stereocenters. The molecule has 0 aliphatic carbocycles. The Hall–Kier alpha value is -0.940. The third-order valence-corrected chi connectivity index (χ3v) is 2.80. The topological polar surface area (TPSA) is 61.2 Å². The van der Waals surface area contributed by atoms with Gasteiger partial charge >= 0.3 is 0 Å². The smallest absolute Gasteiger partial charge is 0.129 e.